The number of carbonyl (C=O) groups excluding carboxylic acids is 1. The quantitative estimate of drug-likeness (QED) is 0.737. The number of ketones is 1. The largest absolute Gasteiger partial charge is 0.367 e. The number of benzene rings is 1. The molecule has 0 aromatic heterocycles. The van der Waals surface area contributed by atoms with Crippen LogP contribution in [0.4, 0.5) is 4.39 Å². The Balaban J connectivity index is 2.34. The Labute approximate surface area is 127 Å². The zero-order valence-corrected chi connectivity index (χ0v) is 13.5. The van der Waals surface area contributed by atoms with Crippen LogP contribution in [0.15, 0.2) is 22.7 Å². The Morgan fingerprint density at radius 2 is 2.10 bits per heavy atom. The maximum Gasteiger partial charge on any atom is 0.197 e. The van der Waals surface area contributed by atoms with Crippen molar-refractivity contribution in [1.82, 2.24) is 0 Å². The van der Waals surface area contributed by atoms with E-state index in [-0.39, 0.29) is 11.3 Å². The number of hydrogen-bond acceptors (Lipinski definition) is 2. The third-order valence-corrected chi connectivity index (χ3v) is 4.58. The second-order valence-corrected chi connectivity index (χ2v) is 6.48. The topological polar surface area (TPSA) is 26.3 Å². The predicted octanol–water partition coefficient (Wildman–Crippen LogP) is 4.76. The number of rotatable bonds is 4. The van der Waals surface area contributed by atoms with Gasteiger partial charge in [0.05, 0.1) is 5.56 Å². The summed E-state index contributed by atoms with van der Waals surface area (Å²) in [5, 5.41) is 0. The smallest absolute Gasteiger partial charge is 0.197 e. The summed E-state index contributed by atoms with van der Waals surface area (Å²) in [4.78, 5) is 12.8. The first-order valence-corrected chi connectivity index (χ1v) is 7.91. The predicted molar refractivity (Wildman–Crippen MR) is 80.4 cm³/mol. The molecule has 1 aliphatic carbocycles. The average molecular weight is 343 g/mol. The zero-order valence-electron chi connectivity index (χ0n) is 11.9. The van der Waals surface area contributed by atoms with Crippen molar-refractivity contribution in [1.29, 1.82) is 0 Å². The summed E-state index contributed by atoms with van der Waals surface area (Å²) in [6, 6.07) is 4.47. The maximum absolute atomic E-state index is 14.0. The fourth-order valence-corrected chi connectivity index (χ4v) is 3.22. The van der Waals surface area contributed by atoms with Crippen LogP contribution in [-0.2, 0) is 4.74 Å². The molecule has 0 amide bonds. The van der Waals surface area contributed by atoms with Crippen LogP contribution >= 0.6 is 15.9 Å². The number of halogens is 2. The lowest BCUT2D eigenvalue weighted by atomic mass is 9.75. The van der Waals surface area contributed by atoms with Crippen molar-refractivity contribution in [2.24, 2.45) is 5.92 Å². The maximum atomic E-state index is 14.0. The molecule has 0 saturated heterocycles. The van der Waals surface area contributed by atoms with Gasteiger partial charge >= 0.3 is 0 Å². The summed E-state index contributed by atoms with van der Waals surface area (Å²) >= 11 is 3.30. The Morgan fingerprint density at radius 3 is 2.70 bits per heavy atom. The van der Waals surface area contributed by atoms with Gasteiger partial charge in [-0.3, -0.25) is 4.79 Å². The molecular formula is C16H20BrFO2. The molecule has 0 unspecified atom stereocenters. The standard InChI is InChI=1S/C16H20BrFO2/c1-3-20-16(8-6-11(2)7-9-16)15(19)13-10-12(17)4-5-14(13)18/h4-5,10-11H,3,6-9H2,1-2H3. The molecule has 1 saturated carbocycles. The number of ether oxygens (including phenoxy) is 1. The van der Waals surface area contributed by atoms with Gasteiger partial charge in [-0.1, -0.05) is 22.9 Å². The van der Waals surface area contributed by atoms with E-state index < -0.39 is 11.4 Å². The van der Waals surface area contributed by atoms with Crippen LogP contribution in [-0.4, -0.2) is 18.0 Å². The van der Waals surface area contributed by atoms with Crippen molar-refractivity contribution in [2.75, 3.05) is 6.61 Å². The van der Waals surface area contributed by atoms with Gasteiger partial charge in [0.1, 0.15) is 11.4 Å². The van der Waals surface area contributed by atoms with Gasteiger partial charge in [-0.05, 0) is 56.7 Å². The van der Waals surface area contributed by atoms with Crippen molar-refractivity contribution in [3.63, 3.8) is 0 Å². The van der Waals surface area contributed by atoms with E-state index in [1.807, 2.05) is 6.92 Å². The molecule has 4 heteroatoms. The van der Waals surface area contributed by atoms with E-state index in [0.29, 0.717) is 29.8 Å². The summed E-state index contributed by atoms with van der Waals surface area (Å²) in [6.45, 7) is 4.53. The molecule has 0 spiro atoms. The Morgan fingerprint density at radius 1 is 1.45 bits per heavy atom. The minimum atomic E-state index is -0.844. The van der Waals surface area contributed by atoms with Gasteiger partial charge in [0, 0.05) is 11.1 Å². The SMILES string of the molecule is CCOC1(C(=O)c2cc(Br)ccc2F)CCC(C)CC1. The van der Waals surface area contributed by atoms with Crippen LogP contribution in [0.2, 0.25) is 0 Å². The van der Waals surface area contributed by atoms with Gasteiger partial charge in [0.15, 0.2) is 5.78 Å². The molecule has 2 rings (SSSR count). The molecule has 0 bridgehead atoms. The highest BCUT2D eigenvalue weighted by molar-refractivity contribution is 9.10. The fraction of sp³-hybridized carbons (Fsp3) is 0.562. The highest BCUT2D eigenvalue weighted by Gasteiger charge is 2.43. The third kappa shape index (κ3) is 3.12. The second kappa shape index (κ2) is 6.35. The lowest BCUT2D eigenvalue weighted by Crippen LogP contribution is -2.45. The summed E-state index contributed by atoms with van der Waals surface area (Å²) in [5.74, 6) is -0.0929. The van der Waals surface area contributed by atoms with Crippen molar-refractivity contribution >= 4 is 21.7 Å². The van der Waals surface area contributed by atoms with Crippen LogP contribution in [0.5, 0.6) is 0 Å². The molecule has 0 aliphatic heterocycles. The summed E-state index contributed by atoms with van der Waals surface area (Å²) in [6.07, 6.45) is 3.24. The normalized spacial score (nSPS) is 26.5. The van der Waals surface area contributed by atoms with Gasteiger partial charge in [-0.15, -0.1) is 0 Å². The summed E-state index contributed by atoms with van der Waals surface area (Å²) in [7, 11) is 0. The lowest BCUT2D eigenvalue weighted by molar-refractivity contribution is -0.0476. The van der Waals surface area contributed by atoms with E-state index in [4.69, 9.17) is 4.74 Å². The number of hydrogen-bond donors (Lipinski definition) is 0. The summed E-state index contributed by atoms with van der Waals surface area (Å²) in [5.41, 5.74) is -0.717. The molecule has 0 N–H and O–H groups in total. The molecule has 1 aromatic rings. The molecule has 1 aliphatic rings. The Bertz CT molecular complexity index is 493. The van der Waals surface area contributed by atoms with Crippen LogP contribution in [0, 0.1) is 11.7 Å². The molecule has 2 nitrogen and oxygen atoms in total. The van der Waals surface area contributed by atoms with E-state index in [9.17, 15) is 9.18 Å². The molecule has 0 heterocycles. The van der Waals surface area contributed by atoms with Gasteiger partial charge in [0.2, 0.25) is 0 Å². The summed E-state index contributed by atoms with van der Waals surface area (Å²) < 4.78 is 20.5. The second-order valence-electron chi connectivity index (χ2n) is 5.56. The Hall–Kier alpha value is -0.740. The van der Waals surface area contributed by atoms with Crippen molar-refractivity contribution in [2.45, 2.75) is 45.1 Å². The molecule has 1 fully saturated rings. The van der Waals surface area contributed by atoms with Crippen LogP contribution in [0.1, 0.15) is 49.9 Å². The zero-order chi connectivity index (χ0) is 14.8. The van der Waals surface area contributed by atoms with E-state index >= 15 is 0 Å². The molecular weight excluding hydrogens is 323 g/mol. The van der Waals surface area contributed by atoms with Gasteiger partial charge in [0.25, 0.3) is 0 Å². The van der Waals surface area contributed by atoms with Crippen LogP contribution < -0.4 is 0 Å². The third-order valence-electron chi connectivity index (χ3n) is 4.09. The molecule has 20 heavy (non-hydrogen) atoms. The first kappa shape index (κ1) is 15.6. The van der Waals surface area contributed by atoms with Crippen LogP contribution in [0.3, 0.4) is 0 Å². The first-order valence-electron chi connectivity index (χ1n) is 7.12. The molecule has 0 atom stereocenters. The number of carbonyl (C=O) groups is 1. The molecule has 1 aromatic carbocycles. The lowest BCUT2D eigenvalue weighted by Gasteiger charge is -2.37. The van der Waals surface area contributed by atoms with E-state index in [1.165, 1.54) is 6.07 Å². The highest BCUT2D eigenvalue weighted by atomic mass is 79.9. The molecule has 110 valence electrons. The molecule has 0 radical (unpaired) electrons. The van der Waals surface area contributed by atoms with E-state index in [1.54, 1.807) is 12.1 Å². The Kier molecular flexibility index (Phi) is 4.97. The highest BCUT2D eigenvalue weighted by Crippen LogP contribution is 2.38. The average Bonchev–Trinajstić information content (AvgIpc) is 2.44. The monoisotopic (exact) mass is 342 g/mol. The first-order chi connectivity index (χ1) is 9.48. The van der Waals surface area contributed by atoms with Crippen molar-refractivity contribution in [3.05, 3.63) is 34.1 Å². The minimum absolute atomic E-state index is 0.127. The van der Waals surface area contributed by atoms with Gasteiger partial charge < -0.3 is 4.74 Å². The number of Topliss-reactive ketones (excluding diaryl/α,β-unsaturated/α-hetero) is 1. The van der Waals surface area contributed by atoms with Crippen molar-refractivity contribution < 1.29 is 13.9 Å². The van der Waals surface area contributed by atoms with Crippen molar-refractivity contribution in [3.8, 4) is 0 Å². The van der Waals surface area contributed by atoms with Gasteiger partial charge in [-0.25, -0.2) is 4.39 Å². The fourth-order valence-electron chi connectivity index (χ4n) is 2.86. The minimum Gasteiger partial charge on any atom is -0.367 e. The van der Waals surface area contributed by atoms with E-state index in [2.05, 4.69) is 22.9 Å². The van der Waals surface area contributed by atoms with Crippen LogP contribution in [0.25, 0.3) is 0 Å². The van der Waals surface area contributed by atoms with E-state index in [0.717, 1.165) is 12.8 Å². The van der Waals surface area contributed by atoms with Gasteiger partial charge in [-0.2, -0.15) is 0 Å².